The smallest absolute Gasteiger partial charge is 0.257 e. The lowest BCUT2D eigenvalue weighted by Gasteiger charge is -2.36. The zero-order valence-electron chi connectivity index (χ0n) is 16.9. The van der Waals surface area contributed by atoms with Gasteiger partial charge in [-0.25, -0.2) is 0 Å². The highest BCUT2D eigenvalue weighted by atomic mass is 16.3. The van der Waals surface area contributed by atoms with Crippen LogP contribution < -0.4 is 0 Å². The Morgan fingerprint density at radius 1 is 1.04 bits per heavy atom. The predicted octanol–water partition coefficient (Wildman–Crippen LogP) is 4.09. The van der Waals surface area contributed by atoms with Crippen molar-refractivity contribution in [2.24, 2.45) is 5.92 Å². The lowest BCUT2D eigenvalue weighted by molar-refractivity contribution is 0.0572. The highest BCUT2D eigenvalue weighted by molar-refractivity contribution is 5.96. The van der Waals surface area contributed by atoms with Gasteiger partial charge in [0.2, 0.25) is 0 Å². The van der Waals surface area contributed by atoms with Gasteiger partial charge in [0, 0.05) is 37.2 Å². The lowest BCUT2D eigenvalue weighted by Crippen LogP contribution is -2.47. The third-order valence-corrected chi connectivity index (χ3v) is 6.02. The van der Waals surface area contributed by atoms with Crippen molar-refractivity contribution in [3.63, 3.8) is 0 Å². The van der Waals surface area contributed by atoms with Gasteiger partial charge in [-0.2, -0.15) is 0 Å². The molecule has 0 N–H and O–H groups in total. The number of aryl methyl sites for hydroxylation is 1. The summed E-state index contributed by atoms with van der Waals surface area (Å²) in [6, 6.07) is 11.4. The van der Waals surface area contributed by atoms with Crippen molar-refractivity contribution >= 4 is 11.8 Å². The van der Waals surface area contributed by atoms with E-state index in [0.717, 1.165) is 25.1 Å². The van der Waals surface area contributed by atoms with Gasteiger partial charge < -0.3 is 14.2 Å². The van der Waals surface area contributed by atoms with Crippen LogP contribution in [0.15, 0.2) is 40.8 Å². The summed E-state index contributed by atoms with van der Waals surface area (Å²) in [5.74, 6) is 2.21. The summed E-state index contributed by atoms with van der Waals surface area (Å²) < 4.78 is 5.80. The normalized spacial score (nSPS) is 21.9. The van der Waals surface area contributed by atoms with Gasteiger partial charge in [0.15, 0.2) is 0 Å². The predicted molar refractivity (Wildman–Crippen MR) is 107 cm³/mol. The molecule has 5 nitrogen and oxygen atoms in total. The minimum Gasteiger partial charge on any atom is -0.465 e. The van der Waals surface area contributed by atoms with Crippen LogP contribution in [-0.4, -0.2) is 47.3 Å². The Labute approximate surface area is 166 Å². The first-order valence-electron chi connectivity index (χ1n) is 10.2. The third-order valence-electron chi connectivity index (χ3n) is 6.02. The topological polar surface area (TPSA) is 53.8 Å². The molecular formula is C23H28N2O3. The molecule has 2 aromatic rings. The average Bonchev–Trinajstić information content (AvgIpc) is 2.88. The van der Waals surface area contributed by atoms with E-state index in [9.17, 15) is 9.59 Å². The molecule has 1 aromatic carbocycles. The molecule has 2 amide bonds. The van der Waals surface area contributed by atoms with Crippen LogP contribution in [0.2, 0.25) is 0 Å². The van der Waals surface area contributed by atoms with Gasteiger partial charge in [-0.15, -0.1) is 0 Å². The molecule has 1 aromatic heterocycles. The monoisotopic (exact) mass is 380 g/mol. The van der Waals surface area contributed by atoms with Crippen molar-refractivity contribution in [1.82, 2.24) is 9.80 Å². The Bertz CT molecular complexity index is 871. The van der Waals surface area contributed by atoms with E-state index < -0.39 is 0 Å². The minimum absolute atomic E-state index is 0.0388. The summed E-state index contributed by atoms with van der Waals surface area (Å²) in [6.07, 6.45) is 2.01. The fraction of sp³-hybridized carbons (Fsp3) is 0.478. The second-order valence-electron chi connectivity index (χ2n) is 8.40. The summed E-state index contributed by atoms with van der Waals surface area (Å²) >= 11 is 0. The second kappa shape index (κ2) is 7.46. The van der Waals surface area contributed by atoms with Gasteiger partial charge in [-0.1, -0.05) is 32.0 Å². The molecule has 0 spiro atoms. The molecule has 0 unspecified atom stereocenters. The number of furan rings is 1. The SMILES string of the molecule is Cc1oc(C(C)C)cc1C(=O)N1C[C@H]2CC[C@@H]1CN(C(=O)c1ccccc1)C2. The number of hydrogen-bond acceptors (Lipinski definition) is 3. The zero-order chi connectivity index (χ0) is 19.8. The fourth-order valence-electron chi connectivity index (χ4n) is 4.42. The van der Waals surface area contributed by atoms with E-state index in [1.54, 1.807) is 0 Å². The average molecular weight is 380 g/mol. The number of nitrogens with zero attached hydrogens (tertiary/aromatic N) is 2. The van der Waals surface area contributed by atoms with Crippen LogP contribution in [0, 0.1) is 12.8 Å². The van der Waals surface area contributed by atoms with Crippen molar-refractivity contribution in [2.45, 2.75) is 45.6 Å². The number of benzene rings is 1. The number of piperidine rings is 1. The Kier molecular flexibility index (Phi) is 5.00. The molecule has 28 heavy (non-hydrogen) atoms. The van der Waals surface area contributed by atoms with Gasteiger partial charge in [-0.05, 0) is 43.9 Å². The van der Waals surface area contributed by atoms with Gasteiger partial charge in [0.1, 0.15) is 11.5 Å². The van der Waals surface area contributed by atoms with Crippen LogP contribution in [0.3, 0.4) is 0 Å². The summed E-state index contributed by atoms with van der Waals surface area (Å²) in [4.78, 5) is 30.2. The van der Waals surface area contributed by atoms with Gasteiger partial charge in [0.05, 0.1) is 5.56 Å². The number of rotatable bonds is 3. The second-order valence-corrected chi connectivity index (χ2v) is 8.40. The largest absolute Gasteiger partial charge is 0.465 e. The number of carbonyl (C=O) groups excluding carboxylic acids is 2. The molecule has 3 aliphatic rings. The van der Waals surface area contributed by atoms with E-state index in [1.165, 1.54) is 0 Å². The van der Waals surface area contributed by atoms with Crippen LogP contribution >= 0.6 is 0 Å². The molecule has 148 valence electrons. The zero-order valence-corrected chi connectivity index (χ0v) is 16.9. The maximum Gasteiger partial charge on any atom is 0.257 e. The standard InChI is InChI=1S/C23H28N2O3/c1-15(2)21-11-20(16(3)28-21)23(27)25-13-17-9-10-19(25)14-24(12-17)22(26)18-7-5-4-6-8-18/h4-8,11,15,17,19H,9-10,12-14H2,1-3H3/t17-,19+/m0/s1. The Morgan fingerprint density at radius 3 is 2.46 bits per heavy atom. The number of hydrogen-bond donors (Lipinski definition) is 0. The molecule has 3 fully saturated rings. The van der Waals surface area contributed by atoms with Crippen molar-refractivity contribution < 1.29 is 14.0 Å². The molecule has 0 aliphatic carbocycles. The van der Waals surface area contributed by atoms with Crippen molar-refractivity contribution in [3.8, 4) is 0 Å². The van der Waals surface area contributed by atoms with Crippen LogP contribution in [0.4, 0.5) is 0 Å². The van der Waals surface area contributed by atoms with E-state index in [2.05, 4.69) is 13.8 Å². The highest BCUT2D eigenvalue weighted by Gasteiger charge is 2.39. The van der Waals surface area contributed by atoms with Crippen LogP contribution in [0.1, 0.15) is 64.8 Å². The molecule has 5 rings (SSSR count). The summed E-state index contributed by atoms with van der Waals surface area (Å²) in [5, 5.41) is 0. The molecule has 2 atom stereocenters. The molecule has 0 radical (unpaired) electrons. The van der Waals surface area contributed by atoms with E-state index in [-0.39, 0.29) is 23.8 Å². The molecule has 5 heteroatoms. The molecular weight excluding hydrogens is 352 g/mol. The minimum atomic E-state index is 0.0388. The number of carbonyl (C=O) groups is 2. The third kappa shape index (κ3) is 3.46. The number of amides is 2. The van der Waals surface area contributed by atoms with Crippen LogP contribution in [-0.2, 0) is 0 Å². The van der Waals surface area contributed by atoms with E-state index in [1.807, 2.05) is 53.1 Å². The van der Waals surface area contributed by atoms with Crippen molar-refractivity contribution in [1.29, 1.82) is 0 Å². The molecule has 3 saturated heterocycles. The molecule has 3 aliphatic heterocycles. The van der Waals surface area contributed by atoms with Gasteiger partial charge in [-0.3, -0.25) is 9.59 Å². The van der Waals surface area contributed by atoms with Gasteiger partial charge >= 0.3 is 0 Å². The molecule has 0 saturated carbocycles. The quantitative estimate of drug-likeness (QED) is 0.806. The highest BCUT2D eigenvalue weighted by Crippen LogP contribution is 2.31. The Hall–Kier alpha value is -2.56. The van der Waals surface area contributed by atoms with E-state index in [0.29, 0.717) is 35.9 Å². The maximum absolute atomic E-state index is 13.3. The Balaban J connectivity index is 1.55. The first-order chi connectivity index (χ1) is 13.4. The molecule has 4 heterocycles. The first-order valence-corrected chi connectivity index (χ1v) is 10.2. The van der Waals surface area contributed by atoms with Gasteiger partial charge in [0.25, 0.3) is 11.8 Å². The number of fused-ring (bicyclic) bond motifs is 4. The summed E-state index contributed by atoms with van der Waals surface area (Å²) in [7, 11) is 0. The van der Waals surface area contributed by atoms with Crippen LogP contribution in [0.5, 0.6) is 0 Å². The summed E-state index contributed by atoms with van der Waals surface area (Å²) in [6.45, 7) is 8.02. The first kappa shape index (κ1) is 18.8. The fourth-order valence-corrected chi connectivity index (χ4v) is 4.42. The lowest BCUT2D eigenvalue weighted by atomic mass is 9.94. The van der Waals surface area contributed by atoms with E-state index in [4.69, 9.17) is 4.42 Å². The molecule has 2 bridgehead atoms. The van der Waals surface area contributed by atoms with Crippen molar-refractivity contribution in [2.75, 3.05) is 19.6 Å². The van der Waals surface area contributed by atoms with Crippen molar-refractivity contribution in [3.05, 3.63) is 59.0 Å². The summed E-state index contributed by atoms with van der Waals surface area (Å²) in [5.41, 5.74) is 1.38. The Morgan fingerprint density at radius 2 is 1.79 bits per heavy atom. The van der Waals surface area contributed by atoms with E-state index >= 15 is 0 Å². The maximum atomic E-state index is 13.3. The van der Waals surface area contributed by atoms with Crippen LogP contribution in [0.25, 0.3) is 0 Å².